The normalized spacial score (nSPS) is 16.8. The molecule has 0 spiro atoms. The van der Waals surface area contributed by atoms with Crippen molar-refractivity contribution < 1.29 is 41.0 Å². The van der Waals surface area contributed by atoms with Crippen LogP contribution in [0.25, 0.3) is 0 Å². The summed E-state index contributed by atoms with van der Waals surface area (Å²) in [6.07, 6.45) is -2.37. The van der Waals surface area contributed by atoms with Crippen molar-refractivity contribution >= 4 is 27.5 Å². The molecule has 1 aliphatic heterocycles. The molecule has 1 saturated heterocycles. The Bertz CT molecular complexity index is 862. The van der Waals surface area contributed by atoms with Gasteiger partial charge in [-0.3, -0.25) is 4.79 Å². The Morgan fingerprint density at radius 3 is 2.39 bits per heavy atom. The lowest BCUT2D eigenvalue weighted by molar-refractivity contribution is -0.192. The zero-order chi connectivity index (χ0) is 23.8. The highest BCUT2D eigenvalue weighted by atomic mass is 32.2. The fraction of sp³-hybridized carbons (Fsp3) is 0.647. The van der Waals surface area contributed by atoms with E-state index in [4.69, 9.17) is 14.6 Å². The van der Waals surface area contributed by atoms with Crippen molar-refractivity contribution in [2.75, 3.05) is 49.8 Å². The summed E-state index contributed by atoms with van der Waals surface area (Å²) < 4.78 is 60.1. The first-order chi connectivity index (χ1) is 14.3. The van der Waals surface area contributed by atoms with E-state index in [1.54, 1.807) is 6.20 Å². The average Bonchev–Trinajstić information content (AvgIpc) is 2.67. The van der Waals surface area contributed by atoms with E-state index >= 15 is 0 Å². The summed E-state index contributed by atoms with van der Waals surface area (Å²) in [5.41, 5.74) is 0. The second-order valence-electron chi connectivity index (χ2n) is 6.50. The predicted octanol–water partition coefficient (Wildman–Crippen LogP) is 0.901. The van der Waals surface area contributed by atoms with Gasteiger partial charge in [0.05, 0.1) is 13.2 Å². The van der Waals surface area contributed by atoms with Gasteiger partial charge in [-0.2, -0.15) is 13.2 Å². The van der Waals surface area contributed by atoms with Gasteiger partial charge in [-0.1, -0.05) is 0 Å². The van der Waals surface area contributed by atoms with Gasteiger partial charge in [0.25, 0.3) is 0 Å². The molecule has 1 aromatic rings. The minimum Gasteiger partial charge on any atom is -0.475 e. The van der Waals surface area contributed by atoms with Crippen molar-refractivity contribution in [1.29, 1.82) is 0 Å². The molecule has 14 heteroatoms. The highest BCUT2D eigenvalue weighted by Gasteiger charge is 2.38. The molecule has 1 atom stereocenters. The van der Waals surface area contributed by atoms with Crippen LogP contribution in [0.1, 0.15) is 25.7 Å². The van der Waals surface area contributed by atoms with Crippen LogP contribution in [-0.2, 0) is 24.2 Å². The number of nitrogens with zero attached hydrogens (tertiary/aromatic N) is 4. The molecule has 0 aliphatic carbocycles. The van der Waals surface area contributed by atoms with E-state index in [-0.39, 0.29) is 6.61 Å². The minimum atomic E-state index is -5.08. The van der Waals surface area contributed by atoms with Gasteiger partial charge in [-0.05, 0) is 19.9 Å². The molecule has 1 amide bonds. The summed E-state index contributed by atoms with van der Waals surface area (Å²) >= 11 is 0. The number of amides is 1. The van der Waals surface area contributed by atoms with Gasteiger partial charge < -0.3 is 19.6 Å². The number of halogens is 3. The molecular formula is C17H25F3N4O6S. The number of sulfone groups is 1. The van der Waals surface area contributed by atoms with E-state index in [2.05, 4.69) is 14.9 Å². The first-order valence-electron chi connectivity index (χ1n) is 9.23. The number of rotatable bonds is 6. The molecule has 1 aromatic heterocycles. The SMILES string of the molecule is CCN(CC)c1ccnc(C2COCCN2C(=O)CS(C)(=O)=O)n1.O=C(O)C(F)(F)F. The first-order valence-corrected chi connectivity index (χ1v) is 11.3. The molecule has 1 fully saturated rings. The number of ether oxygens (including phenoxy) is 1. The Labute approximate surface area is 177 Å². The Balaban J connectivity index is 0.000000592. The number of carbonyl (C=O) groups excluding carboxylic acids is 1. The molecule has 2 rings (SSSR count). The molecule has 10 nitrogen and oxygen atoms in total. The summed E-state index contributed by atoms with van der Waals surface area (Å²) in [5.74, 6) is -2.46. The molecule has 176 valence electrons. The van der Waals surface area contributed by atoms with Gasteiger partial charge in [-0.25, -0.2) is 23.2 Å². The molecule has 0 radical (unpaired) electrons. The van der Waals surface area contributed by atoms with Crippen LogP contribution < -0.4 is 4.90 Å². The largest absolute Gasteiger partial charge is 0.490 e. The lowest BCUT2D eigenvalue weighted by atomic mass is 10.2. The van der Waals surface area contributed by atoms with Crippen LogP contribution in [-0.4, -0.2) is 91.3 Å². The van der Waals surface area contributed by atoms with Crippen molar-refractivity contribution in [3.63, 3.8) is 0 Å². The predicted molar refractivity (Wildman–Crippen MR) is 104 cm³/mol. The maximum atomic E-state index is 12.4. The number of anilines is 1. The van der Waals surface area contributed by atoms with Crippen LogP contribution in [0.5, 0.6) is 0 Å². The fourth-order valence-electron chi connectivity index (χ4n) is 2.67. The van der Waals surface area contributed by atoms with E-state index in [1.165, 1.54) is 4.90 Å². The maximum absolute atomic E-state index is 12.4. The quantitative estimate of drug-likeness (QED) is 0.644. The van der Waals surface area contributed by atoms with E-state index in [1.807, 2.05) is 19.9 Å². The second kappa shape index (κ2) is 11.2. The number of carboxylic acids is 1. The Kier molecular flexibility index (Phi) is 9.62. The Hall–Kier alpha value is -2.48. The van der Waals surface area contributed by atoms with E-state index in [9.17, 15) is 26.4 Å². The molecule has 1 unspecified atom stereocenters. The Morgan fingerprint density at radius 2 is 1.90 bits per heavy atom. The standard InChI is InChI=1S/C15H24N4O4S.C2HF3O2/c1-4-18(5-2)13-6-7-16-15(17-13)12-10-23-9-8-19(12)14(20)11-24(3,21)22;3-2(4,5)1(6)7/h6-7,12H,4-5,8-11H2,1-3H3;(H,6,7). The van der Waals surface area contributed by atoms with Gasteiger partial charge in [0, 0.05) is 32.1 Å². The lowest BCUT2D eigenvalue weighted by Crippen LogP contribution is -2.46. The number of hydrogen-bond acceptors (Lipinski definition) is 8. The average molecular weight is 470 g/mol. The van der Waals surface area contributed by atoms with Crippen molar-refractivity contribution in [1.82, 2.24) is 14.9 Å². The van der Waals surface area contributed by atoms with Gasteiger partial charge in [0.1, 0.15) is 17.6 Å². The molecular weight excluding hydrogens is 445 g/mol. The van der Waals surface area contributed by atoms with Gasteiger partial charge in [0.2, 0.25) is 5.91 Å². The van der Waals surface area contributed by atoms with Crippen molar-refractivity contribution in [2.45, 2.75) is 26.1 Å². The summed E-state index contributed by atoms with van der Waals surface area (Å²) in [5, 5.41) is 7.12. The van der Waals surface area contributed by atoms with Crippen molar-refractivity contribution in [3.05, 3.63) is 18.1 Å². The van der Waals surface area contributed by atoms with E-state index in [0.29, 0.717) is 19.0 Å². The third kappa shape index (κ3) is 8.65. The monoisotopic (exact) mass is 470 g/mol. The van der Waals surface area contributed by atoms with Crippen molar-refractivity contribution in [3.8, 4) is 0 Å². The number of carboxylic acid groups (broad SMARTS) is 1. The number of aromatic nitrogens is 2. The van der Waals surface area contributed by atoms with Gasteiger partial charge in [-0.15, -0.1) is 0 Å². The summed E-state index contributed by atoms with van der Waals surface area (Å²) in [6.45, 7) is 6.67. The Morgan fingerprint density at radius 1 is 1.32 bits per heavy atom. The fourth-order valence-corrected chi connectivity index (χ4v) is 3.29. The van der Waals surface area contributed by atoms with Gasteiger partial charge in [0.15, 0.2) is 15.7 Å². The molecule has 1 N–H and O–H groups in total. The third-order valence-corrected chi connectivity index (χ3v) is 4.89. The number of morpholine rings is 1. The molecule has 0 aromatic carbocycles. The van der Waals surface area contributed by atoms with Crippen LogP contribution in [0.15, 0.2) is 12.3 Å². The number of alkyl halides is 3. The number of hydrogen-bond donors (Lipinski definition) is 1. The molecule has 31 heavy (non-hydrogen) atoms. The molecule has 0 saturated carbocycles. The van der Waals surface area contributed by atoms with Crippen molar-refractivity contribution in [2.24, 2.45) is 0 Å². The molecule has 2 heterocycles. The highest BCUT2D eigenvalue weighted by Crippen LogP contribution is 2.23. The van der Waals surface area contributed by atoms with Gasteiger partial charge >= 0.3 is 12.1 Å². The number of aliphatic carboxylic acids is 1. The summed E-state index contributed by atoms with van der Waals surface area (Å²) in [6, 6.07) is 1.35. The molecule has 0 bridgehead atoms. The van der Waals surface area contributed by atoms with Crippen LogP contribution in [0, 0.1) is 0 Å². The summed E-state index contributed by atoms with van der Waals surface area (Å²) in [4.78, 5) is 33.7. The zero-order valence-corrected chi connectivity index (χ0v) is 18.1. The topological polar surface area (TPSA) is 130 Å². The van der Waals surface area contributed by atoms with E-state index in [0.717, 1.165) is 25.2 Å². The smallest absolute Gasteiger partial charge is 0.475 e. The second-order valence-corrected chi connectivity index (χ2v) is 8.64. The first kappa shape index (κ1) is 26.6. The third-order valence-electron chi connectivity index (χ3n) is 4.12. The minimum absolute atomic E-state index is 0.261. The van der Waals surface area contributed by atoms with Crippen LogP contribution >= 0.6 is 0 Å². The summed E-state index contributed by atoms with van der Waals surface area (Å²) in [7, 11) is -3.39. The van der Waals surface area contributed by atoms with Crippen LogP contribution in [0.4, 0.5) is 19.0 Å². The van der Waals surface area contributed by atoms with Crippen LogP contribution in [0.3, 0.4) is 0 Å². The zero-order valence-electron chi connectivity index (χ0n) is 17.3. The number of carbonyl (C=O) groups is 2. The maximum Gasteiger partial charge on any atom is 0.490 e. The lowest BCUT2D eigenvalue weighted by Gasteiger charge is -2.34. The van der Waals surface area contributed by atoms with Crippen LogP contribution in [0.2, 0.25) is 0 Å². The molecule has 1 aliphatic rings. The highest BCUT2D eigenvalue weighted by molar-refractivity contribution is 7.91. The van der Waals surface area contributed by atoms with E-state index < -0.39 is 39.7 Å².